The number of hydrogen-bond acceptors (Lipinski definition) is 4. The zero-order chi connectivity index (χ0) is 24.6. The molecule has 2 aliphatic heterocycles. The summed E-state index contributed by atoms with van der Waals surface area (Å²) in [7, 11) is 1.58. The third-order valence-electron chi connectivity index (χ3n) is 8.06. The summed E-state index contributed by atoms with van der Waals surface area (Å²) >= 11 is 6.38. The summed E-state index contributed by atoms with van der Waals surface area (Å²) in [5, 5.41) is 10.4. The molecule has 0 spiro atoms. The molecule has 3 atom stereocenters. The zero-order valence-electron chi connectivity index (χ0n) is 20.6. The third kappa shape index (κ3) is 4.52. The highest BCUT2D eigenvalue weighted by molar-refractivity contribution is 6.32. The van der Waals surface area contributed by atoms with Gasteiger partial charge in [-0.05, 0) is 79.0 Å². The van der Waals surface area contributed by atoms with Gasteiger partial charge in [-0.2, -0.15) is 0 Å². The van der Waals surface area contributed by atoms with Crippen molar-refractivity contribution in [1.29, 1.82) is 0 Å². The first-order valence-corrected chi connectivity index (χ1v) is 13.2. The van der Waals surface area contributed by atoms with Crippen molar-refractivity contribution in [3.8, 4) is 17.0 Å². The average Bonchev–Trinajstić information content (AvgIpc) is 3.41. The molecule has 6 heteroatoms. The number of aliphatic hydroxyl groups excluding tert-OH is 1. The van der Waals surface area contributed by atoms with E-state index in [1.54, 1.807) is 13.2 Å². The summed E-state index contributed by atoms with van der Waals surface area (Å²) in [6.45, 7) is 0.976. The summed E-state index contributed by atoms with van der Waals surface area (Å²) < 4.78 is 7.36. The van der Waals surface area contributed by atoms with Crippen LogP contribution in [0.25, 0.3) is 16.9 Å². The molecular formula is C30H32ClN3O2. The molecule has 0 saturated carbocycles. The minimum absolute atomic E-state index is 0.104. The molecule has 0 radical (unpaired) electrons. The molecular weight excluding hydrogens is 470 g/mol. The van der Waals surface area contributed by atoms with Gasteiger partial charge in [-0.25, -0.2) is 4.98 Å². The first kappa shape index (κ1) is 23.5. The van der Waals surface area contributed by atoms with Crippen molar-refractivity contribution in [3.05, 3.63) is 88.7 Å². The van der Waals surface area contributed by atoms with Crippen molar-refractivity contribution in [2.75, 3.05) is 7.11 Å². The molecule has 0 aliphatic carbocycles. The van der Waals surface area contributed by atoms with Crippen LogP contribution in [0.2, 0.25) is 5.02 Å². The molecule has 2 aromatic carbocycles. The number of aromatic nitrogens is 2. The van der Waals surface area contributed by atoms with Crippen LogP contribution in [0.4, 0.5) is 0 Å². The van der Waals surface area contributed by atoms with Crippen molar-refractivity contribution in [3.63, 3.8) is 0 Å². The van der Waals surface area contributed by atoms with E-state index in [0.29, 0.717) is 28.8 Å². The monoisotopic (exact) mass is 501 g/mol. The molecule has 1 N–H and O–H groups in total. The maximum absolute atomic E-state index is 9.90. The van der Waals surface area contributed by atoms with Crippen molar-refractivity contribution in [2.45, 2.75) is 57.3 Å². The van der Waals surface area contributed by atoms with Crippen LogP contribution in [0, 0.1) is 5.92 Å². The fraction of sp³-hybridized carbons (Fsp3) is 0.367. The van der Waals surface area contributed by atoms with E-state index < -0.39 is 0 Å². The van der Waals surface area contributed by atoms with Gasteiger partial charge in [-0.15, -0.1) is 0 Å². The Morgan fingerprint density at radius 1 is 1.03 bits per heavy atom. The fourth-order valence-electron chi connectivity index (χ4n) is 6.34. The lowest BCUT2D eigenvalue weighted by Gasteiger charge is -2.39. The van der Waals surface area contributed by atoms with E-state index in [9.17, 15) is 5.11 Å². The predicted molar refractivity (Wildman–Crippen MR) is 143 cm³/mol. The average molecular weight is 502 g/mol. The fourth-order valence-corrected chi connectivity index (χ4v) is 6.58. The molecule has 2 aromatic heterocycles. The van der Waals surface area contributed by atoms with Crippen LogP contribution in [0.1, 0.15) is 42.4 Å². The van der Waals surface area contributed by atoms with Gasteiger partial charge in [-0.3, -0.25) is 4.90 Å². The number of methoxy groups -OCH3 is 1. The Bertz CT molecular complexity index is 1360. The highest BCUT2D eigenvalue weighted by atomic mass is 35.5. The number of fused-ring (bicyclic) bond motifs is 3. The Balaban J connectivity index is 1.18. The van der Waals surface area contributed by atoms with Gasteiger partial charge < -0.3 is 14.2 Å². The largest absolute Gasteiger partial charge is 0.495 e. The number of nitrogens with zero attached hydrogens (tertiary/aromatic N) is 3. The highest BCUT2D eigenvalue weighted by Crippen LogP contribution is 2.41. The topological polar surface area (TPSA) is 50.0 Å². The third-order valence-corrected chi connectivity index (χ3v) is 8.36. The Morgan fingerprint density at radius 3 is 2.53 bits per heavy atom. The standard InChI is InChI=1S/C30H32ClN3O2/c1-36-29-15-23(19-35)26(16-27(29)31)28-18-33-10-9-21(14-30(33)32-28)11-22-12-24-7-8-25(13-22)34(24)17-20-5-3-2-4-6-20/h2-6,9-10,14-16,18,22,24-25,35H,7-8,11-13,17,19H2,1H3/t22?,24-,25+. The van der Waals surface area contributed by atoms with Gasteiger partial charge in [-0.1, -0.05) is 41.9 Å². The molecule has 4 aromatic rings. The van der Waals surface area contributed by atoms with Crippen LogP contribution in [0.3, 0.4) is 0 Å². The van der Waals surface area contributed by atoms with Crippen LogP contribution < -0.4 is 4.74 Å². The molecule has 5 nitrogen and oxygen atoms in total. The molecule has 2 bridgehead atoms. The number of halogens is 1. The lowest BCUT2D eigenvalue weighted by Crippen LogP contribution is -2.42. The summed E-state index contributed by atoms with van der Waals surface area (Å²) in [6, 6.07) is 20.4. The second kappa shape index (κ2) is 9.89. The number of rotatable bonds is 7. The van der Waals surface area contributed by atoms with Crippen molar-refractivity contribution >= 4 is 17.2 Å². The Kier molecular flexibility index (Phi) is 6.46. The number of hydrogen-bond donors (Lipinski definition) is 1. The lowest BCUT2D eigenvalue weighted by molar-refractivity contribution is 0.0961. The van der Waals surface area contributed by atoms with Crippen LogP contribution in [0.15, 0.2) is 67.0 Å². The zero-order valence-corrected chi connectivity index (χ0v) is 21.4. The molecule has 1 unspecified atom stereocenters. The molecule has 2 aliphatic rings. The molecule has 0 amide bonds. The normalized spacial score (nSPS) is 21.8. The summed E-state index contributed by atoms with van der Waals surface area (Å²) in [5.74, 6) is 1.27. The predicted octanol–water partition coefficient (Wildman–Crippen LogP) is 6.14. The van der Waals surface area contributed by atoms with E-state index in [1.165, 1.54) is 36.8 Å². The SMILES string of the molecule is COc1cc(CO)c(-c2cn3ccc(CC4C[C@H]5CC[C@@H](C4)N5Cc4ccccc4)cc3n2)cc1Cl. The van der Waals surface area contributed by atoms with E-state index in [2.05, 4.69) is 53.6 Å². The number of imidazole rings is 1. The summed E-state index contributed by atoms with van der Waals surface area (Å²) in [4.78, 5) is 7.65. The Morgan fingerprint density at radius 2 is 1.81 bits per heavy atom. The van der Waals surface area contributed by atoms with Gasteiger partial charge in [0.05, 0.1) is 24.4 Å². The van der Waals surface area contributed by atoms with Gasteiger partial charge in [0, 0.05) is 36.6 Å². The van der Waals surface area contributed by atoms with E-state index in [4.69, 9.17) is 21.3 Å². The van der Waals surface area contributed by atoms with E-state index in [1.807, 2.05) is 16.7 Å². The maximum atomic E-state index is 9.90. The number of ether oxygens (including phenoxy) is 1. The number of benzene rings is 2. The first-order valence-electron chi connectivity index (χ1n) is 12.9. The molecule has 4 heterocycles. The first-order chi connectivity index (χ1) is 17.6. The van der Waals surface area contributed by atoms with Gasteiger partial charge in [0.1, 0.15) is 11.4 Å². The van der Waals surface area contributed by atoms with Crippen LogP contribution in [-0.4, -0.2) is 38.6 Å². The van der Waals surface area contributed by atoms with E-state index in [-0.39, 0.29) is 6.61 Å². The quantitative estimate of drug-likeness (QED) is 0.330. The van der Waals surface area contributed by atoms with Crippen LogP contribution in [0.5, 0.6) is 5.75 Å². The maximum Gasteiger partial charge on any atom is 0.137 e. The summed E-state index contributed by atoms with van der Waals surface area (Å²) in [5.41, 5.74) is 6.07. The van der Waals surface area contributed by atoms with Crippen molar-refractivity contribution in [1.82, 2.24) is 14.3 Å². The van der Waals surface area contributed by atoms with Gasteiger partial charge >= 0.3 is 0 Å². The molecule has 36 heavy (non-hydrogen) atoms. The molecule has 2 fully saturated rings. The lowest BCUT2D eigenvalue weighted by atomic mass is 9.85. The van der Waals surface area contributed by atoms with Crippen LogP contribution >= 0.6 is 11.6 Å². The number of aliphatic hydroxyl groups is 1. The Labute approximate surface area is 217 Å². The number of pyridine rings is 1. The minimum atomic E-state index is -0.104. The minimum Gasteiger partial charge on any atom is -0.495 e. The summed E-state index contributed by atoms with van der Waals surface area (Å²) in [6.07, 6.45) is 10.4. The Hall–Kier alpha value is -2.86. The molecule has 186 valence electrons. The van der Waals surface area contributed by atoms with Gasteiger partial charge in [0.2, 0.25) is 0 Å². The second-order valence-corrected chi connectivity index (χ2v) is 10.7. The molecule has 6 rings (SSSR count). The van der Waals surface area contributed by atoms with Crippen molar-refractivity contribution in [2.24, 2.45) is 5.92 Å². The van der Waals surface area contributed by atoms with Crippen LogP contribution in [-0.2, 0) is 19.6 Å². The molecule has 2 saturated heterocycles. The van der Waals surface area contributed by atoms with E-state index >= 15 is 0 Å². The van der Waals surface area contributed by atoms with E-state index in [0.717, 1.165) is 35.4 Å². The highest BCUT2D eigenvalue weighted by Gasteiger charge is 2.40. The smallest absolute Gasteiger partial charge is 0.137 e. The number of piperidine rings is 1. The van der Waals surface area contributed by atoms with Crippen molar-refractivity contribution < 1.29 is 9.84 Å². The van der Waals surface area contributed by atoms with Gasteiger partial charge in [0.25, 0.3) is 0 Å². The van der Waals surface area contributed by atoms with Gasteiger partial charge in [0.15, 0.2) is 0 Å². The second-order valence-electron chi connectivity index (χ2n) is 10.3.